The Morgan fingerprint density at radius 2 is 1.82 bits per heavy atom. The predicted molar refractivity (Wildman–Crippen MR) is 68.9 cm³/mol. The van der Waals surface area contributed by atoms with Crippen molar-refractivity contribution in [3.8, 4) is 0 Å². The standard InChI is InChI=1S/C13H25N3O/c1-2-7-15-8-10-16(11-9-15)13(17)12-3-5-14-6-4-12/h12,14H,2-11H2,1H3. The highest BCUT2D eigenvalue weighted by molar-refractivity contribution is 5.79. The Kier molecular flexibility index (Phi) is 4.80. The summed E-state index contributed by atoms with van der Waals surface area (Å²) in [7, 11) is 0. The third-order valence-corrected chi connectivity index (χ3v) is 3.91. The summed E-state index contributed by atoms with van der Waals surface area (Å²) in [5, 5.41) is 3.32. The molecule has 0 aromatic carbocycles. The fraction of sp³-hybridized carbons (Fsp3) is 0.923. The number of hydrogen-bond acceptors (Lipinski definition) is 3. The minimum Gasteiger partial charge on any atom is -0.340 e. The lowest BCUT2D eigenvalue weighted by molar-refractivity contribution is -0.138. The topological polar surface area (TPSA) is 35.6 Å². The molecule has 0 bridgehead atoms. The van der Waals surface area contributed by atoms with E-state index >= 15 is 0 Å². The highest BCUT2D eigenvalue weighted by Crippen LogP contribution is 2.16. The fourth-order valence-corrected chi connectivity index (χ4v) is 2.84. The SMILES string of the molecule is CCCN1CCN(C(=O)C2CCNCC2)CC1. The van der Waals surface area contributed by atoms with Crippen LogP contribution >= 0.6 is 0 Å². The maximum Gasteiger partial charge on any atom is 0.225 e. The van der Waals surface area contributed by atoms with Crippen LogP contribution in [-0.2, 0) is 4.79 Å². The van der Waals surface area contributed by atoms with Crippen LogP contribution in [-0.4, -0.2) is 61.5 Å². The number of carbonyl (C=O) groups excluding carboxylic acids is 1. The lowest BCUT2D eigenvalue weighted by Crippen LogP contribution is -2.51. The number of piperidine rings is 1. The molecule has 1 amide bonds. The first-order chi connectivity index (χ1) is 8.31. The van der Waals surface area contributed by atoms with Crippen molar-refractivity contribution >= 4 is 5.91 Å². The molecule has 4 heteroatoms. The first kappa shape index (κ1) is 12.8. The molecule has 2 fully saturated rings. The second-order valence-corrected chi connectivity index (χ2v) is 5.19. The van der Waals surface area contributed by atoms with E-state index in [4.69, 9.17) is 0 Å². The number of nitrogens with zero attached hydrogens (tertiary/aromatic N) is 2. The lowest BCUT2D eigenvalue weighted by atomic mass is 9.96. The molecular formula is C13H25N3O. The van der Waals surface area contributed by atoms with E-state index in [2.05, 4.69) is 22.0 Å². The van der Waals surface area contributed by atoms with E-state index in [0.717, 1.165) is 52.1 Å². The van der Waals surface area contributed by atoms with Crippen molar-refractivity contribution in [3.63, 3.8) is 0 Å². The van der Waals surface area contributed by atoms with Crippen LogP contribution in [0.3, 0.4) is 0 Å². The molecule has 0 aromatic rings. The summed E-state index contributed by atoms with van der Waals surface area (Å²) < 4.78 is 0. The van der Waals surface area contributed by atoms with Gasteiger partial charge in [-0.25, -0.2) is 0 Å². The molecule has 2 aliphatic rings. The van der Waals surface area contributed by atoms with Gasteiger partial charge in [-0.2, -0.15) is 0 Å². The molecule has 2 heterocycles. The molecule has 17 heavy (non-hydrogen) atoms. The average Bonchev–Trinajstić information content (AvgIpc) is 2.40. The van der Waals surface area contributed by atoms with Gasteiger partial charge in [-0.15, -0.1) is 0 Å². The van der Waals surface area contributed by atoms with Gasteiger partial charge in [0.1, 0.15) is 0 Å². The van der Waals surface area contributed by atoms with Gasteiger partial charge in [0.25, 0.3) is 0 Å². The van der Waals surface area contributed by atoms with Gasteiger partial charge >= 0.3 is 0 Å². The zero-order valence-electron chi connectivity index (χ0n) is 11.0. The van der Waals surface area contributed by atoms with Gasteiger partial charge in [0.15, 0.2) is 0 Å². The molecule has 2 aliphatic heterocycles. The summed E-state index contributed by atoms with van der Waals surface area (Å²) >= 11 is 0. The number of piperazine rings is 1. The summed E-state index contributed by atoms with van der Waals surface area (Å²) in [5.74, 6) is 0.691. The maximum atomic E-state index is 12.3. The van der Waals surface area contributed by atoms with E-state index < -0.39 is 0 Å². The Balaban J connectivity index is 1.77. The van der Waals surface area contributed by atoms with Crippen molar-refractivity contribution in [3.05, 3.63) is 0 Å². The van der Waals surface area contributed by atoms with E-state index in [9.17, 15) is 4.79 Å². The van der Waals surface area contributed by atoms with Crippen molar-refractivity contribution in [1.29, 1.82) is 0 Å². The quantitative estimate of drug-likeness (QED) is 0.781. The van der Waals surface area contributed by atoms with Gasteiger partial charge in [0.05, 0.1) is 0 Å². The van der Waals surface area contributed by atoms with E-state index in [1.165, 1.54) is 13.0 Å². The van der Waals surface area contributed by atoms with Gasteiger partial charge in [0.2, 0.25) is 5.91 Å². The molecular weight excluding hydrogens is 214 g/mol. The Labute approximate surface area is 104 Å². The predicted octanol–water partition coefficient (Wildman–Crippen LogP) is 0.540. The van der Waals surface area contributed by atoms with Crippen LogP contribution in [0.1, 0.15) is 26.2 Å². The van der Waals surface area contributed by atoms with Crippen molar-refractivity contribution in [2.24, 2.45) is 5.92 Å². The monoisotopic (exact) mass is 239 g/mol. The smallest absolute Gasteiger partial charge is 0.225 e. The molecule has 0 aromatic heterocycles. The third kappa shape index (κ3) is 3.42. The van der Waals surface area contributed by atoms with Gasteiger partial charge < -0.3 is 10.2 Å². The normalized spacial score (nSPS) is 23.9. The maximum absolute atomic E-state index is 12.3. The summed E-state index contributed by atoms with van der Waals surface area (Å²) in [6.45, 7) is 9.39. The molecule has 1 N–H and O–H groups in total. The summed E-state index contributed by atoms with van der Waals surface area (Å²) in [5.41, 5.74) is 0. The zero-order chi connectivity index (χ0) is 12.1. The summed E-state index contributed by atoms with van der Waals surface area (Å²) in [6.07, 6.45) is 3.25. The number of rotatable bonds is 3. The zero-order valence-corrected chi connectivity index (χ0v) is 11.0. The van der Waals surface area contributed by atoms with Crippen molar-refractivity contribution in [2.75, 3.05) is 45.8 Å². The van der Waals surface area contributed by atoms with Crippen molar-refractivity contribution < 1.29 is 4.79 Å². The molecule has 0 aliphatic carbocycles. The number of amides is 1. The van der Waals surface area contributed by atoms with E-state index in [1.54, 1.807) is 0 Å². The number of carbonyl (C=O) groups is 1. The largest absolute Gasteiger partial charge is 0.340 e. The van der Waals surface area contributed by atoms with E-state index in [-0.39, 0.29) is 5.92 Å². The van der Waals surface area contributed by atoms with Gasteiger partial charge in [-0.3, -0.25) is 9.69 Å². The second-order valence-electron chi connectivity index (χ2n) is 5.19. The van der Waals surface area contributed by atoms with Gasteiger partial charge in [0, 0.05) is 32.1 Å². The second kappa shape index (κ2) is 6.36. The minimum atomic E-state index is 0.286. The average molecular weight is 239 g/mol. The van der Waals surface area contributed by atoms with Crippen LogP contribution in [0.15, 0.2) is 0 Å². The van der Waals surface area contributed by atoms with Crippen molar-refractivity contribution in [2.45, 2.75) is 26.2 Å². The Hall–Kier alpha value is -0.610. The lowest BCUT2D eigenvalue weighted by Gasteiger charge is -2.37. The minimum absolute atomic E-state index is 0.286. The van der Waals surface area contributed by atoms with E-state index in [0.29, 0.717) is 5.91 Å². The first-order valence-corrected chi connectivity index (χ1v) is 7.03. The van der Waals surface area contributed by atoms with Crippen molar-refractivity contribution in [1.82, 2.24) is 15.1 Å². The molecule has 2 saturated heterocycles. The van der Waals surface area contributed by atoms with Crippen LogP contribution in [0.2, 0.25) is 0 Å². The van der Waals surface area contributed by atoms with Crippen LogP contribution in [0.25, 0.3) is 0 Å². The fourth-order valence-electron chi connectivity index (χ4n) is 2.84. The highest BCUT2D eigenvalue weighted by atomic mass is 16.2. The van der Waals surface area contributed by atoms with Crippen LogP contribution in [0, 0.1) is 5.92 Å². The Bertz CT molecular complexity index is 243. The molecule has 98 valence electrons. The van der Waals surface area contributed by atoms with Crippen LogP contribution in [0.5, 0.6) is 0 Å². The molecule has 0 spiro atoms. The van der Waals surface area contributed by atoms with Gasteiger partial charge in [-0.1, -0.05) is 6.92 Å². The van der Waals surface area contributed by atoms with E-state index in [1.807, 2.05) is 0 Å². The molecule has 0 atom stereocenters. The number of nitrogens with one attached hydrogen (secondary N) is 1. The molecule has 0 unspecified atom stereocenters. The molecule has 0 radical (unpaired) electrons. The number of hydrogen-bond donors (Lipinski definition) is 1. The first-order valence-electron chi connectivity index (χ1n) is 7.03. The molecule has 4 nitrogen and oxygen atoms in total. The highest BCUT2D eigenvalue weighted by Gasteiger charge is 2.27. The molecule has 0 saturated carbocycles. The summed E-state index contributed by atoms with van der Waals surface area (Å²) in [4.78, 5) is 16.8. The van der Waals surface area contributed by atoms with Gasteiger partial charge in [-0.05, 0) is 38.9 Å². The molecule has 2 rings (SSSR count). The Morgan fingerprint density at radius 1 is 1.18 bits per heavy atom. The summed E-state index contributed by atoms with van der Waals surface area (Å²) in [6, 6.07) is 0. The Morgan fingerprint density at radius 3 is 2.41 bits per heavy atom. The van der Waals surface area contributed by atoms with Crippen LogP contribution < -0.4 is 5.32 Å². The van der Waals surface area contributed by atoms with Crippen LogP contribution in [0.4, 0.5) is 0 Å². The third-order valence-electron chi connectivity index (χ3n) is 3.91.